The van der Waals surface area contributed by atoms with Gasteiger partial charge in [-0.3, -0.25) is 4.79 Å². The van der Waals surface area contributed by atoms with Crippen LogP contribution in [0.5, 0.6) is 5.75 Å². The number of aryl methyl sites for hydroxylation is 1. The molecule has 3 aromatic carbocycles. The van der Waals surface area contributed by atoms with Crippen LogP contribution in [0.2, 0.25) is 5.02 Å². The SMILES string of the molecule is COc1cccc(C(=O)C[C@@H](c2ccccc2Cl)S(=O)(=O)c2ccc(C)cc2)c1. The van der Waals surface area contributed by atoms with Crippen molar-refractivity contribution in [2.24, 2.45) is 0 Å². The number of hydrogen-bond donors (Lipinski definition) is 0. The first-order valence-corrected chi connectivity index (χ1v) is 11.0. The van der Waals surface area contributed by atoms with Gasteiger partial charge in [-0.2, -0.15) is 0 Å². The Kier molecular flexibility index (Phi) is 6.40. The van der Waals surface area contributed by atoms with Crippen LogP contribution in [0.3, 0.4) is 0 Å². The molecule has 0 amide bonds. The molecule has 0 heterocycles. The van der Waals surface area contributed by atoms with Crippen LogP contribution in [-0.4, -0.2) is 21.3 Å². The first kappa shape index (κ1) is 21.1. The van der Waals surface area contributed by atoms with E-state index in [-0.39, 0.29) is 17.1 Å². The van der Waals surface area contributed by atoms with Gasteiger partial charge in [0.2, 0.25) is 0 Å². The Morgan fingerprint density at radius 1 is 1.00 bits per heavy atom. The van der Waals surface area contributed by atoms with E-state index in [4.69, 9.17) is 16.3 Å². The van der Waals surface area contributed by atoms with Crippen molar-refractivity contribution in [3.63, 3.8) is 0 Å². The molecule has 0 aliphatic rings. The molecule has 150 valence electrons. The van der Waals surface area contributed by atoms with Crippen LogP contribution in [0.4, 0.5) is 0 Å². The summed E-state index contributed by atoms with van der Waals surface area (Å²) in [4.78, 5) is 13.1. The molecule has 0 saturated carbocycles. The summed E-state index contributed by atoms with van der Waals surface area (Å²) in [6.45, 7) is 1.88. The minimum atomic E-state index is -3.85. The summed E-state index contributed by atoms with van der Waals surface area (Å²) in [6.07, 6.45) is -0.229. The third-order valence-electron chi connectivity index (χ3n) is 4.74. The predicted molar refractivity (Wildman–Crippen MR) is 114 cm³/mol. The smallest absolute Gasteiger partial charge is 0.185 e. The molecule has 0 fully saturated rings. The van der Waals surface area contributed by atoms with Crippen LogP contribution in [0.15, 0.2) is 77.7 Å². The van der Waals surface area contributed by atoms with Crippen LogP contribution >= 0.6 is 11.6 Å². The zero-order valence-corrected chi connectivity index (χ0v) is 17.7. The molecule has 4 nitrogen and oxygen atoms in total. The average Bonchev–Trinajstić information content (AvgIpc) is 2.72. The van der Waals surface area contributed by atoms with E-state index in [1.165, 1.54) is 7.11 Å². The Hall–Kier alpha value is -2.63. The zero-order chi connectivity index (χ0) is 21.0. The van der Waals surface area contributed by atoms with Crippen LogP contribution in [0.1, 0.15) is 33.2 Å². The normalized spacial score (nSPS) is 12.4. The van der Waals surface area contributed by atoms with Gasteiger partial charge in [-0.05, 0) is 42.8 Å². The van der Waals surface area contributed by atoms with E-state index in [9.17, 15) is 13.2 Å². The molecule has 6 heteroatoms. The molecule has 1 atom stereocenters. The third kappa shape index (κ3) is 4.69. The lowest BCUT2D eigenvalue weighted by Crippen LogP contribution is -2.18. The fourth-order valence-electron chi connectivity index (χ4n) is 3.10. The second-order valence-corrected chi connectivity index (χ2v) is 9.27. The molecular weight excluding hydrogens is 408 g/mol. The molecule has 0 saturated heterocycles. The Morgan fingerprint density at radius 2 is 1.69 bits per heavy atom. The van der Waals surface area contributed by atoms with Gasteiger partial charge >= 0.3 is 0 Å². The van der Waals surface area contributed by atoms with Gasteiger partial charge in [-0.25, -0.2) is 8.42 Å². The van der Waals surface area contributed by atoms with Crippen molar-refractivity contribution >= 4 is 27.2 Å². The molecule has 3 aromatic rings. The second kappa shape index (κ2) is 8.80. The van der Waals surface area contributed by atoms with Gasteiger partial charge in [0, 0.05) is 17.0 Å². The minimum absolute atomic E-state index is 0.159. The van der Waals surface area contributed by atoms with Crippen molar-refractivity contribution in [1.29, 1.82) is 0 Å². The van der Waals surface area contributed by atoms with Crippen molar-refractivity contribution in [2.75, 3.05) is 7.11 Å². The fourth-order valence-corrected chi connectivity index (χ4v) is 5.18. The third-order valence-corrected chi connectivity index (χ3v) is 7.18. The minimum Gasteiger partial charge on any atom is -0.497 e. The number of carbonyl (C=O) groups excluding carboxylic acids is 1. The Balaban J connectivity index is 2.05. The number of methoxy groups -OCH3 is 1. The summed E-state index contributed by atoms with van der Waals surface area (Å²) in [5.74, 6) is 0.232. The number of ketones is 1. The maximum atomic E-state index is 13.5. The predicted octanol–water partition coefficient (Wildman–Crippen LogP) is 5.45. The van der Waals surface area contributed by atoms with Crippen molar-refractivity contribution in [3.05, 3.63) is 94.5 Å². The number of benzene rings is 3. The van der Waals surface area contributed by atoms with Crippen molar-refractivity contribution < 1.29 is 17.9 Å². The van der Waals surface area contributed by atoms with E-state index in [1.807, 2.05) is 6.92 Å². The highest BCUT2D eigenvalue weighted by atomic mass is 35.5. The lowest BCUT2D eigenvalue weighted by molar-refractivity contribution is 0.0980. The number of ether oxygens (including phenoxy) is 1. The molecule has 0 spiro atoms. The van der Waals surface area contributed by atoms with E-state index >= 15 is 0 Å². The van der Waals surface area contributed by atoms with Crippen LogP contribution in [0.25, 0.3) is 0 Å². The highest BCUT2D eigenvalue weighted by molar-refractivity contribution is 7.91. The molecule has 0 bridgehead atoms. The molecule has 29 heavy (non-hydrogen) atoms. The van der Waals surface area contributed by atoms with E-state index in [2.05, 4.69) is 0 Å². The van der Waals surface area contributed by atoms with Gasteiger partial charge in [0.1, 0.15) is 5.75 Å². The maximum absolute atomic E-state index is 13.5. The van der Waals surface area contributed by atoms with E-state index in [0.717, 1.165) is 5.56 Å². The van der Waals surface area contributed by atoms with E-state index in [0.29, 0.717) is 21.9 Å². The number of hydrogen-bond acceptors (Lipinski definition) is 4. The number of halogens is 1. The maximum Gasteiger partial charge on any atom is 0.185 e. The summed E-state index contributed by atoms with van der Waals surface area (Å²) in [5.41, 5.74) is 1.75. The zero-order valence-electron chi connectivity index (χ0n) is 16.1. The largest absolute Gasteiger partial charge is 0.497 e. The quantitative estimate of drug-likeness (QED) is 0.470. The molecule has 0 aliphatic carbocycles. The molecule has 0 unspecified atom stereocenters. The van der Waals surface area contributed by atoms with Crippen molar-refractivity contribution in [1.82, 2.24) is 0 Å². The van der Waals surface area contributed by atoms with Crippen molar-refractivity contribution in [2.45, 2.75) is 23.5 Å². The van der Waals surface area contributed by atoms with Crippen LogP contribution < -0.4 is 4.74 Å². The average molecular weight is 429 g/mol. The number of sulfone groups is 1. The molecular formula is C23H21ClO4S. The Morgan fingerprint density at radius 3 is 2.34 bits per heavy atom. The Bertz CT molecular complexity index is 1120. The fraction of sp³-hybridized carbons (Fsp3) is 0.174. The van der Waals surface area contributed by atoms with E-state index < -0.39 is 15.1 Å². The molecule has 0 aromatic heterocycles. The summed E-state index contributed by atoms with van der Waals surface area (Å²) in [6, 6.07) is 20.0. The molecule has 0 N–H and O–H groups in total. The first-order chi connectivity index (χ1) is 13.8. The standard InChI is InChI=1S/C23H21ClO4S/c1-16-10-12-19(13-11-16)29(26,27)23(20-8-3-4-9-21(20)24)15-22(25)17-6-5-7-18(14-17)28-2/h3-14,23H,15H2,1-2H3/t23-/m0/s1. The van der Waals surface area contributed by atoms with Gasteiger partial charge in [0.25, 0.3) is 0 Å². The molecule has 0 radical (unpaired) electrons. The highest BCUT2D eigenvalue weighted by Crippen LogP contribution is 2.36. The monoisotopic (exact) mass is 428 g/mol. The topological polar surface area (TPSA) is 60.4 Å². The number of Topliss-reactive ketones (excluding diaryl/α,β-unsaturated/α-hetero) is 1. The first-order valence-electron chi connectivity index (χ1n) is 9.05. The van der Waals surface area contributed by atoms with Crippen molar-refractivity contribution in [3.8, 4) is 5.75 Å². The van der Waals surface area contributed by atoms with Gasteiger partial charge in [0.05, 0.1) is 17.3 Å². The van der Waals surface area contributed by atoms with Gasteiger partial charge in [0.15, 0.2) is 15.6 Å². The summed E-state index contributed by atoms with van der Waals surface area (Å²) in [5, 5.41) is -0.788. The summed E-state index contributed by atoms with van der Waals surface area (Å²) in [7, 11) is -2.34. The van der Waals surface area contributed by atoms with Gasteiger partial charge < -0.3 is 4.74 Å². The summed E-state index contributed by atoms with van der Waals surface area (Å²) < 4.78 is 32.1. The Labute approximate surface area is 176 Å². The highest BCUT2D eigenvalue weighted by Gasteiger charge is 2.33. The lowest BCUT2D eigenvalue weighted by atomic mass is 10.0. The van der Waals surface area contributed by atoms with Gasteiger partial charge in [-0.15, -0.1) is 0 Å². The molecule has 3 rings (SSSR count). The van der Waals surface area contributed by atoms with Gasteiger partial charge in [-0.1, -0.05) is 59.6 Å². The summed E-state index contributed by atoms with van der Waals surface area (Å²) >= 11 is 6.32. The molecule has 0 aliphatic heterocycles. The number of rotatable bonds is 7. The lowest BCUT2D eigenvalue weighted by Gasteiger charge is -2.19. The van der Waals surface area contributed by atoms with Crippen LogP contribution in [-0.2, 0) is 9.84 Å². The van der Waals surface area contributed by atoms with Crippen LogP contribution in [0, 0.1) is 6.92 Å². The van der Waals surface area contributed by atoms with E-state index in [1.54, 1.807) is 72.8 Å². The number of carbonyl (C=O) groups is 1. The second-order valence-electron chi connectivity index (χ2n) is 6.73.